The van der Waals surface area contributed by atoms with Crippen molar-refractivity contribution >= 4 is 57.7 Å². The SMILES string of the molecule is [2H]c1c([2H])c([2H])[n+](CC2=C(C(=O)O)N3C(=O)[C@@H](NC(=O)/C(=N/OC(C)(C)C(=O)O)c4csc(N)n4)[C@H]3SC2)c([2H])c1[2H]. The molecule has 37 heavy (non-hydrogen) atoms. The molecule has 0 spiro atoms. The number of carboxylic acid groups (broad SMARTS) is 2. The summed E-state index contributed by atoms with van der Waals surface area (Å²) < 4.78 is 40.6. The van der Waals surface area contributed by atoms with Crippen molar-refractivity contribution in [3.05, 3.63) is 52.8 Å². The Kier molecular flexibility index (Phi) is 5.53. The fraction of sp³-hybridized carbons (Fsp3) is 0.318. The van der Waals surface area contributed by atoms with Gasteiger partial charge >= 0.3 is 11.9 Å². The number of nitrogens with one attached hydrogen (secondary N) is 1. The third-order valence-electron chi connectivity index (χ3n) is 5.25. The minimum absolute atomic E-state index is 0.00288. The van der Waals surface area contributed by atoms with Gasteiger partial charge in [0.25, 0.3) is 11.8 Å². The molecule has 1 saturated heterocycles. The number of fused-ring (bicyclic) bond motifs is 1. The average Bonchev–Trinajstić information content (AvgIpc) is 3.36. The monoisotopic (exact) mass is 552 g/mol. The molecular formula is C22H23N6O7S2+. The van der Waals surface area contributed by atoms with Gasteiger partial charge in [0.1, 0.15) is 25.5 Å². The lowest BCUT2D eigenvalue weighted by Gasteiger charge is -2.49. The molecule has 0 radical (unpaired) electrons. The second-order valence-corrected chi connectivity index (χ2v) is 10.2. The summed E-state index contributed by atoms with van der Waals surface area (Å²) in [5.74, 6) is -4.59. The number of oxime groups is 1. The summed E-state index contributed by atoms with van der Waals surface area (Å²) in [6.45, 7) is 2.02. The number of carbonyl (C=O) groups is 4. The molecule has 2 aromatic rings. The predicted molar refractivity (Wildman–Crippen MR) is 132 cm³/mol. The number of thioether (sulfide) groups is 1. The van der Waals surface area contributed by atoms with Crippen LogP contribution in [0.3, 0.4) is 0 Å². The first-order chi connectivity index (χ1) is 19.6. The van der Waals surface area contributed by atoms with Crippen LogP contribution in [0.1, 0.15) is 26.4 Å². The van der Waals surface area contributed by atoms with Crippen molar-refractivity contribution in [2.75, 3.05) is 11.5 Å². The first-order valence-corrected chi connectivity index (χ1v) is 12.4. The summed E-state index contributed by atoms with van der Waals surface area (Å²) in [6, 6.07) is -3.02. The molecule has 2 atom stereocenters. The minimum Gasteiger partial charge on any atom is -0.478 e. The standard InChI is InChI=1S/C22H22N6O7S2/c1-22(2,20(33)34)35-26-13(12-10-37-21(23)24-12)16(29)25-14-17(30)28-15(19(31)32)11(9-36-18(14)28)8-27-6-4-3-5-7-27/h3-7,10,14,18H,8-9H2,1-2H3,(H4-,23,24,25,29,31,32,33,34)/p+1/b26-13+/t14-,18-/m1/s1/i3D,4D,5D,6D,7D. The fourth-order valence-corrected chi connectivity index (χ4v) is 5.22. The lowest BCUT2D eigenvalue weighted by molar-refractivity contribution is -0.689. The lowest BCUT2D eigenvalue weighted by Crippen LogP contribution is -2.71. The Balaban J connectivity index is 1.61. The third kappa shape index (κ3) is 5.27. The second kappa shape index (κ2) is 10.2. The molecule has 2 amide bonds. The van der Waals surface area contributed by atoms with Crippen LogP contribution in [0.15, 0.2) is 52.3 Å². The van der Waals surface area contributed by atoms with E-state index in [2.05, 4.69) is 15.5 Å². The van der Waals surface area contributed by atoms with Crippen LogP contribution in [0.4, 0.5) is 5.13 Å². The van der Waals surface area contributed by atoms with Crippen LogP contribution < -0.4 is 15.6 Å². The van der Waals surface area contributed by atoms with Crippen molar-refractivity contribution in [1.82, 2.24) is 15.2 Å². The average molecular weight is 553 g/mol. The number of nitrogens with zero attached hydrogens (tertiary/aromatic N) is 4. The minimum atomic E-state index is -1.81. The highest BCUT2D eigenvalue weighted by molar-refractivity contribution is 8.00. The number of aliphatic carboxylic acids is 2. The zero-order chi connectivity index (χ0) is 31.3. The molecule has 0 aliphatic carbocycles. The Labute approximate surface area is 225 Å². The van der Waals surface area contributed by atoms with E-state index in [0.717, 1.165) is 32.6 Å². The van der Waals surface area contributed by atoms with Crippen molar-refractivity contribution in [2.24, 2.45) is 5.16 Å². The number of aromatic nitrogens is 2. The van der Waals surface area contributed by atoms with Gasteiger partial charge in [-0.05, 0) is 13.8 Å². The number of nitrogens with two attached hydrogens (primary N) is 1. The number of β-lactam (4-membered cyclic amide) rings is 1. The van der Waals surface area contributed by atoms with Gasteiger partial charge in [-0.15, -0.1) is 23.1 Å². The topological polar surface area (TPSA) is 188 Å². The molecule has 2 aliphatic heterocycles. The van der Waals surface area contributed by atoms with Crippen LogP contribution >= 0.6 is 23.1 Å². The molecular weight excluding hydrogens is 524 g/mol. The van der Waals surface area contributed by atoms with Crippen LogP contribution in [-0.2, 0) is 30.6 Å². The second-order valence-electron chi connectivity index (χ2n) is 8.22. The normalized spacial score (nSPS) is 21.6. The van der Waals surface area contributed by atoms with Crippen LogP contribution in [0.5, 0.6) is 0 Å². The number of amides is 2. The predicted octanol–water partition coefficient (Wildman–Crippen LogP) is 0.0355. The largest absolute Gasteiger partial charge is 0.478 e. The number of thiazole rings is 1. The highest BCUT2D eigenvalue weighted by Gasteiger charge is 2.54. The molecule has 4 rings (SSSR count). The first-order valence-electron chi connectivity index (χ1n) is 12.9. The summed E-state index contributed by atoms with van der Waals surface area (Å²) in [6.07, 6.45) is -1.12. The Hall–Kier alpha value is -3.98. The molecule has 13 nitrogen and oxygen atoms in total. The van der Waals surface area contributed by atoms with Gasteiger partial charge in [-0.3, -0.25) is 14.5 Å². The quantitative estimate of drug-likeness (QED) is 0.143. The Morgan fingerprint density at radius 2 is 2.05 bits per heavy atom. The van der Waals surface area contributed by atoms with E-state index in [1.54, 1.807) is 0 Å². The van der Waals surface area contributed by atoms with Crippen molar-refractivity contribution < 1.29 is 45.6 Å². The van der Waals surface area contributed by atoms with Crippen molar-refractivity contribution in [1.29, 1.82) is 0 Å². The van der Waals surface area contributed by atoms with E-state index >= 15 is 0 Å². The lowest BCUT2D eigenvalue weighted by atomic mass is 10.0. The summed E-state index contributed by atoms with van der Waals surface area (Å²) in [5.41, 5.74) is 3.03. The van der Waals surface area contributed by atoms with E-state index in [0.29, 0.717) is 0 Å². The molecule has 194 valence electrons. The van der Waals surface area contributed by atoms with Gasteiger partial charge < -0.3 is 26.1 Å². The number of anilines is 1. The van der Waals surface area contributed by atoms with E-state index in [1.165, 1.54) is 19.2 Å². The van der Waals surface area contributed by atoms with Gasteiger partial charge in [-0.1, -0.05) is 11.2 Å². The molecule has 5 N–H and O–H groups in total. The van der Waals surface area contributed by atoms with Gasteiger partial charge in [0.15, 0.2) is 29.7 Å². The summed E-state index contributed by atoms with van der Waals surface area (Å²) in [5, 5.41) is 26.0. The highest BCUT2D eigenvalue weighted by Crippen LogP contribution is 2.40. The van der Waals surface area contributed by atoms with Crippen LogP contribution in [0.25, 0.3) is 0 Å². The number of carboxylic acids is 2. The van der Waals surface area contributed by atoms with E-state index in [1.807, 2.05) is 0 Å². The molecule has 4 heterocycles. The molecule has 1 fully saturated rings. The van der Waals surface area contributed by atoms with E-state index in [9.17, 15) is 29.4 Å². The fourth-order valence-electron chi connectivity index (χ4n) is 3.33. The van der Waals surface area contributed by atoms with Gasteiger partial charge in [-0.2, -0.15) is 0 Å². The molecule has 15 heteroatoms. The Bertz CT molecular complexity index is 1570. The highest BCUT2D eigenvalue weighted by atomic mass is 32.2. The van der Waals surface area contributed by atoms with Crippen LogP contribution in [-0.4, -0.2) is 72.3 Å². The molecule has 0 unspecified atom stereocenters. The maximum absolute atomic E-state index is 13.2. The summed E-state index contributed by atoms with van der Waals surface area (Å²) in [7, 11) is 0. The van der Waals surface area contributed by atoms with Crippen molar-refractivity contribution in [3.63, 3.8) is 0 Å². The van der Waals surface area contributed by atoms with Crippen molar-refractivity contribution in [2.45, 2.75) is 37.4 Å². The summed E-state index contributed by atoms with van der Waals surface area (Å²) in [4.78, 5) is 60.0. The molecule has 0 bridgehead atoms. The van der Waals surface area contributed by atoms with E-state index in [4.69, 9.17) is 17.4 Å². The van der Waals surface area contributed by atoms with E-state index < -0.39 is 89.2 Å². The van der Waals surface area contributed by atoms with Gasteiger partial charge in [0.2, 0.25) is 5.60 Å². The number of carbonyl (C=O) groups excluding carboxylic acids is 2. The van der Waals surface area contributed by atoms with Crippen molar-refractivity contribution in [3.8, 4) is 0 Å². The zero-order valence-corrected chi connectivity index (χ0v) is 20.9. The van der Waals surface area contributed by atoms with E-state index in [-0.39, 0.29) is 22.2 Å². The first kappa shape index (κ1) is 20.1. The number of pyridine rings is 1. The van der Waals surface area contributed by atoms with Gasteiger partial charge in [0, 0.05) is 28.8 Å². The van der Waals surface area contributed by atoms with Crippen LogP contribution in [0, 0.1) is 0 Å². The molecule has 2 aliphatic rings. The maximum atomic E-state index is 13.2. The number of hydrogen-bond donors (Lipinski definition) is 4. The van der Waals surface area contributed by atoms with Gasteiger partial charge in [-0.25, -0.2) is 19.1 Å². The Morgan fingerprint density at radius 3 is 2.65 bits per heavy atom. The summed E-state index contributed by atoms with van der Waals surface area (Å²) >= 11 is 2.07. The number of hydrogen-bond acceptors (Lipinski definition) is 10. The molecule has 2 aromatic heterocycles. The molecule has 0 saturated carbocycles. The van der Waals surface area contributed by atoms with Crippen LogP contribution in [0.2, 0.25) is 0 Å². The third-order valence-corrected chi connectivity index (χ3v) is 7.27. The number of rotatable bonds is 9. The maximum Gasteiger partial charge on any atom is 0.352 e. The van der Waals surface area contributed by atoms with Gasteiger partial charge in [0.05, 0.1) is 4.11 Å². The smallest absolute Gasteiger partial charge is 0.352 e. The molecule has 0 aromatic carbocycles. The number of nitrogen functional groups attached to an aromatic ring is 1. The Morgan fingerprint density at radius 1 is 1.35 bits per heavy atom. The zero-order valence-electron chi connectivity index (χ0n) is 24.3.